The third kappa shape index (κ3) is 1.82. The van der Waals surface area contributed by atoms with Crippen LogP contribution in [0.25, 0.3) is 10.4 Å². The van der Waals surface area contributed by atoms with Gasteiger partial charge in [0.05, 0.1) is 0 Å². The number of hydrogen-bond donors (Lipinski definition) is 1. The van der Waals surface area contributed by atoms with Crippen LogP contribution in [0.5, 0.6) is 0 Å². The normalized spacial score (nSPS) is 13.6. The summed E-state index contributed by atoms with van der Waals surface area (Å²) < 4.78 is 13.4. The highest BCUT2D eigenvalue weighted by atomic mass is 32.1. The molecule has 0 saturated heterocycles. The number of aryl methyl sites for hydroxylation is 2. The number of hydrogen-bond acceptors (Lipinski definition) is 2. The predicted molar refractivity (Wildman–Crippen MR) is 68.7 cm³/mol. The second-order valence-electron chi connectivity index (χ2n) is 4.43. The van der Waals surface area contributed by atoms with E-state index >= 15 is 0 Å². The summed E-state index contributed by atoms with van der Waals surface area (Å²) in [5.74, 6) is -1.18. The van der Waals surface area contributed by atoms with Crippen molar-refractivity contribution >= 4 is 17.3 Å². The highest BCUT2D eigenvalue weighted by molar-refractivity contribution is 7.17. The summed E-state index contributed by atoms with van der Waals surface area (Å²) in [6.07, 6.45) is 2.75. The maximum Gasteiger partial charge on any atom is 0.345 e. The van der Waals surface area contributed by atoms with E-state index in [2.05, 4.69) is 0 Å². The Labute approximate surface area is 108 Å². The molecule has 0 bridgehead atoms. The van der Waals surface area contributed by atoms with Gasteiger partial charge in [-0.1, -0.05) is 6.07 Å². The van der Waals surface area contributed by atoms with Gasteiger partial charge in [0.2, 0.25) is 0 Å². The monoisotopic (exact) mass is 262 g/mol. The largest absolute Gasteiger partial charge is 0.477 e. The van der Waals surface area contributed by atoms with Gasteiger partial charge in [-0.05, 0) is 54.2 Å². The number of halogens is 1. The molecule has 1 heterocycles. The van der Waals surface area contributed by atoms with Crippen molar-refractivity contribution in [2.75, 3.05) is 0 Å². The lowest BCUT2D eigenvalue weighted by atomic mass is 10.0. The van der Waals surface area contributed by atoms with Crippen LogP contribution in [-0.2, 0) is 12.8 Å². The molecule has 1 N–H and O–H groups in total. The van der Waals surface area contributed by atoms with Crippen molar-refractivity contribution in [2.45, 2.75) is 19.3 Å². The van der Waals surface area contributed by atoms with E-state index in [-0.39, 0.29) is 5.82 Å². The smallest absolute Gasteiger partial charge is 0.345 e. The van der Waals surface area contributed by atoms with E-state index in [1.807, 2.05) is 0 Å². The zero-order chi connectivity index (χ0) is 12.7. The summed E-state index contributed by atoms with van der Waals surface area (Å²) in [7, 11) is 0. The lowest BCUT2D eigenvalue weighted by Gasteiger charge is -2.05. The minimum Gasteiger partial charge on any atom is -0.477 e. The Bertz CT molecular complexity index is 631. The van der Waals surface area contributed by atoms with Crippen molar-refractivity contribution in [1.29, 1.82) is 0 Å². The lowest BCUT2D eigenvalue weighted by molar-refractivity contribution is 0.0702. The van der Waals surface area contributed by atoms with Gasteiger partial charge in [0.25, 0.3) is 0 Å². The molecule has 0 saturated carbocycles. The van der Waals surface area contributed by atoms with Gasteiger partial charge in [0, 0.05) is 4.88 Å². The molecule has 92 valence electrons. The number of benzene rings is 1. The summed E-state index contributed by atoms with van der Waals surface area (Å²) in [5, 5.41) is 9.04. The molecule has 4 heteroatoms. The van der Waals surface area contributed by atoms with Crippen molar-refractivity contribution in [3.05, 3.63) is 46.1 Å². The molecule has 0 radical (unpaired) electrons. The minimum absolute atomic E-state index is 0.271. The Balaban J connectivity index is 2.22. The number of rotatable bonds is 1. The summed E-state index contributed by atoms with van der Waals surface area (Å²) in [6, 6.07) is 6.51. The molecule has 3 rings (SSSR count). The maximum absolute atomic E-state index is 13.4. The van der Waals surface area contributed by atoms with Crippen molar-refractivity contribution in [1.82, 2.24) is 0 Å². The predicted octanol–water partition coefficient (Wildman–Crippen LogP) is 3.74. The zero-order valence-corrected chi connectivity index (χ0v) is 10.4. The van der Waals surface area contributed by atoms with E-state index in [1.54, 1.807) is 12.1 Å². The maximum atomic E-state index is 13.4. The molecule has 1 aliphatic rings. The molecule has 0 fully saturated rings. The Hall–Kier alpha value is -1.68. The molecule has 2 nitrogen and oxygen atoms in total. The van der Waals surface area contributed by atoms with Gasteiger partial charge in [0.15, 0.2) is 0 Å². The molecule has 0 spiro atoms. The third-order valence-electron chi connectivity index (χ3n) is 3.23. The van der Waals surface area contributed by atoms with Crippen molar-refractivity contribution in [3.8, 4) is 10.4 Å². The first-order chi connectivity index (χ1) is 8.65. The molecule has 1 aromatic heterocycles. The molecular formula is C14H11FO2S. The van der Waals surface area contributed by atoms with Gasteiger partial charge in [-0.15, -0.1) is 11.3 Å². The Morgan fingerprint density at radius 3 is 2.78 bits per heavy atom. The standard InChI is InChI=1S/C14H11FO2S/c15-10-5-4-8-2-1-3-9-6-12(14(16)17)18-13(9)11(8)7-10/h4-7H,1-3H2,(H,16,17). The topological polar surface area (TPSA) is 37.3 Å². The van der Waals surface area contributed by atoms with E-state index in [1.165, 1.54) is 23.5 Å². The average Bonchev–Trinajstić information content (AvgIpc) is 2.68. The van der Waals surface area contributed by atoms with Crippen LogP contribution in [0.4, 0.5) is 4.39 Å². The van der Waals surface area contributed by atoms with E-state index in [0.717, 1.165) is 40.8 Å². The first-order valence-electron chi connectivity index (χ1n) is 5.80. The average molecular weight is 262 g/mol. The second kappa shape index (κ2) is 4.21. The van der Waals surface area contributed by atoms with Gasteiger partial charge in [0.1, 0.15) is 10.7 Å². The quantitative estimate of drug-likeness (QED) is 0.850. The van der Waals surface area contributed by atoms with Crippen molar-refractivity contribution < 1.29 is 14.3 Å². The molecular weight excluding hydrogens is 251 g/mol. The molecule has 0 atom stereocenters. The van der Waals surface area contributed by atoms with E-state index in [4.69, 9.17) is 5.11 Å². The van der Waals surface area contributed by atoms with Crippen LogP contribution in [0.15, 0.2) is 24.3 Å². The van der Waals surface area contributed by atoms with Crippen molar-refractivity contribution in [2.24, 2.45) is 0 Å². The summed E-state index contributed by atoms with van der Waals surface area (Å²) >= 11 is 1.24. The molecule has 2 aromatic rings. The number of carbonyl (C=O) groups is 1. The molecule has 0 unspecified atom stereocenters. The van der Waals surface area contributed by atoms with Crippen molar-refractivity contribution in [3.63, 3.8) is 0 Å². The molecule has 18 heavy (non-hydrogen) atoms. The first-order valence-corrected chi connectivity index (χ1v) is 6.61. The fourth-order valence-corrected chi connectivity index (χ4v) is 3.50. The number of carboxylic acid groups (broad SMARTS) is 1. The highest BCUT2D eigenvalue weighted by Crippen LogP contribution is 2.38. The van der Waals surface area contributed by atoms with Crippen LogP contribution in [0.2, 0.25) is 0 Å². The van der Waals surface area contributed by atoms with Crippen LogP contribution in [0.1, 0.15) is 27.2 Å². The first kappa shape index (κ1) is 11.4. The number of thiophene rings is 1. The van der Waals surface area contributed by atoms with Gasteiger partial charge < -0.3 is 5.11 Å². The Kier molecular flexibility index (Phi) is 2.67. The van der Waals surface area contributed by atoms with Gasteiger partial charge in [-0.25, -0.2) is 9.18 Å². The van der Waals surface area contributed by atoms with Crippen LogP contribution in [-0.4, -0.2) is 11.1 Å². The summed E-state index contributed by atoms with van der Waals surface area (Å²) in [6.45, 7) is 0. The van der Waals surface area contributed by atoms with Crippen LogP contribution in [0.3, 0.4) is 0 Å². The number of carboxylic acids is 1. The van der Waals surface area contributed by atoms with Gasteiger partial charge in [-0.2, -0.15) is 0 Å². The fourth-order valence-electron chi connectivity index (χ4n) is 2.40. The van der Waals surface area contributed by atoms with E-state index < -0.39 is 5.97 Å². The molecule has 0 aliphatic heterocycles. The van der Waals surface area contributed by atoms with Gasteiger partial charge >= 0.3 is 5.97 Å². The second-order valence-corrected chi connectivity index (χ2v) is 5.48. The summed E-state index contributed by atoms with van der Waals surface area (Å²) in [4.78, 5) is 12.3. The Morgan fingerprint density at radius 2 is 2.00 bits per heavy atom. The Morgan fingerprint density at radius 1 is 1.22 bits per heavy atom. The fraction of sp³-hybridized carbons (Fsp3) is 0.214. The number of fused-ring (bicyclic) bond motifs is 3. The molecule has 0 amide bonds. The third-order valence-corrected chi connectivity index (χ3v) is 4.43. The van der Waals surface area contributed by atoms with Crippen LogP contribution in [0, 0.1) is 5.82 Å². The zero-order valence-electron chi connectivity index (χ0n) is 9.57. The van der Waals surface area contributed by atoms with E-state index in [9.17, 15) is 9.18 Å². The minimum atomic E-state index is -0.911. The number of aromatic carboxylic acids is 1. The molecule has 1 aliphatic carbocycles. The van der Waals surface area contributed by atoms with E-state index in [0.29, 0.717) is 4.88 Å². The van der Waals surface area contributed by atoms with Crippen LogP contribution >= 0.6 is 11.3 Å². The summed E-state index contributed by atoms with van der Waals surface area (Å²) in [5.41, 5.74) is 3.00. The SMILES string of the molecule is O=C(O)c1cc2c(s1)-c1cc(F)ccc1CCC2. The highest BCUT2D eigenvalue weighted by Gasteiger charge is 2.20. The lowest BCUT2D eigenvalue weighted by Crippen LogP contribution is -1.91. The molecule has 1 aromatic carbocycles. The van der Waals surface area contributed by atoms with Gasteiger partial charge in [-0.3, -0.25) is 0 Å². The van der Waals surface area contributed by atoms with Crippen LogP contribution < -0.4 is 0 Å².